The van der Waals surface area contributed by atoms with E-state index in [2.05, 4.69) is 9.71 Å². The molecule has 0 bridgehead atoms. The van der Waals surface area contributed by atoms with E-state index in [4.69, 9.17) is 11.6 Å². The maximum Gasteiger partial charge on any atom is 0.100 e. The third-order valence-electron chi connectivity index (χ3n) is 4.14. The number of nitrogens with zero attached hydrogens (tertiary/aromatic N) is 1. The molecule has 1 aromatic rings. The van der Waals surface area contributed by atoms with E-state index in [0.717, 1.165) is 0 Å². The molecule has 0 aliphatic heterocycles. The van der Waals surface area contributed by atoms with Gasteiger partial charge in [-0.3, -0.25) is 4.98 Å². The third kappa shape index (κ3) is 4.72. The van der Waals surface area contributed by atoms with Gasteiger partial charge in [0, 0.05) is 11.2 Å². The quantitative estimate of drug-likeness (QED) is 0.862. The average molecular weight is 363 g/mol. The number of hydrogen-bond acceptors (Lipinski definition) is 3. The van der Waals surface area contributed by atoms with Crippen molar-refractivity contribution in [2.24, 2.45) is 0 Å². The summed E-state index contributed by atoms with van der Waals surface area (Å²) in [5.74, 6) is 0. The molecule has 2 N–H and O–H groups in total. The van der Waals surface area contributed by atoms with Gasteiger partial charge in [-0.05, 0) is 58.6 Å². The molecule has 0 aromatic carbocycles. The Hall–Kier alpha value is -0.560. The molecule has 7 heteroatoms. The zero-order valence-electron chi connectivity index (χ0n) is 13.7. The Balaban J connectivity index is 2.33. The molecule has 0 saturated heterocycles. The zero-order valence-corrected chi connectivity index (χ0v) is 15.3. The van der Waals surface area contributed by atoms with Crippen LogP contribution < -0.4 is 4.72 Å². The summed E-state index contributed by atoms with van der Waals surface area (Å²) in [6.45, 7) is 5.54. The Bertz CT molecular complexity index is 571. The molecule has 2 rings (SSSR count). The van der Waals surface area contributed by atoms with Crippen LogP contribution in [0.4, 0.5) is 4.39 Å². The molecule has 1 aliphatic carbocycles. The van der Waals surface area contributed by atoms with Gasteiger partial charge in [0.05, 0.1) is 33.1 Å². The van der Waals surface area contributed by atoms with Crippen LogP contribution >= 0.6 is 11.6 Å². The normalized spacial score (nSPS) is 28.3. The Morgan fingerprint density at radius 1 is 1.48 bits per heavy atom. The highest BCUT2D eigenvalue weighted by atomic mass is 35.5. The molecule has 0 spiro atoms. The van der Waals surface area contributed by atoms with Gasteiger partial charge in [0.2, 0.25) is 0 Å². The fourth-order valence-electron chi connectivity index (χ4n) is 2.68. The number of rotatable bonds is 4. The van der Waals surface area contributed by atoms with E-state index in [-0.39, 0.29) is 12.8 Å². The molecule has 23 heavy (non-hydrogen) atoms. The van der Waals surface area contributed by atoms with Crippen molar-refractivity contribution in [2.75, 3.05) is 0 Å². The van der Waals surface area contributed by atoms with Gasteiger partial charge in [0.1, 0.15) is 6.17 Å². The molecule has 1 fully saturated rings. The van der Waals surface area contributed by atoms with E-state index in [1.165, 1.54) is 0 Å². The predicted molar refractivity (Wildman–Crippen MR) is 91.3 cm³/mol. The number of alkyl halides is 1. The Kier molecular flexibility index (Phi) is 5.82. The van der Waals surface area contributed by atoms with Crippen LogP contribution in [0.25, 0.3) is 0 Å². The van der Waals surface area contributed by atoms with Gasteiger partial charge in [0.15, 0.2) is 0 Å². The first-order chi connectivity index (χ1) is 10.6. The Morgan fingerprint density at radius 2 is 2.09 bits per heavy atom. The minimum atomic E-state index is -1.40. The highest BCUT2D eigenvalue weighted by Gasteiger charge is 2.43. The predicted octanol–water partition coefficient (Wildman–Crippen LogP) is 3.47. The van der Waals surface area contributed by atoms with E-state index in [9.17, 15) is 13.7 Å². The largest absolute Gasteiger partial charge is 0.388 e. The first-order valence-electron chi connectivity index (χ1n) is 7.78. The van der Waals surface area contributed by atoms with Crippen molar-refractivity contribution in [3.8, 4) is 0 Å². The van der Waals surface area contributed by atoms with Crippen LogP contribution in [0.1, 0.15) is 58.2 Å². The van der Waals surface area contributed by atoms with Crippen LogP contribution in [0.5, 0.6) is 0 Å². The summed E-state index contributed by atoms with van der Waals surface area (Å²) < 4.78 is 28.5. The fraction of sp³-hybridized carbons (Fsp3) is 0.688. The van der Waals surface area contributed by atoms with Crippen molar-refractivity contribution in [1.29, 1.82) is 0 Å². The van der Waals surface area contributed by atoms with Gasteiger partial charge < -0.3 is 5.11 Å². The van der Waals surface area contributed by atoms with Crippen LogP contribution in [-0.2, 0) is 11.0 Å². The Labute approximate surface area is 144 Å². The summed E-state index contributed by atoms with van der Waals surface area (Å²) in [5, 5.41) is 11.6. The summed E-state index contributed by atoms with van der Waals surface area (Å²) in [6, 6.07) is 2.64. The van der Waals surface area contributed by atoms with Gasteiger partial charge in [-0.2, -0.15) is 0 Å². The lowest BCUT2D eigenvalue weighted by atomic mass is 9.78. The van der Waals surface area contributed by atoms with Gasteiger partial charge in [-0.15, -0.1) is 0 Å². The number of halogens is 2. The first kappa shape index (κ1) is 18.8. The van der Waals surface area contributed by atoms with Crippen LogP contribution in [0.15, 0.2) is 18.3 Å². The van der Waals surface area contributed by atoms with E-state index in [1.807, 2.05) is 20.8 Å². The van der Waals surface area contributed by atoms with Crippen molar-refractivity contribution in [3.05, 3.63) is 29.0 Å². The second kappa shape index (κ2) is 7.13. The molecule has 1 saturated carbocycles. The van der Waals surface area contributed by atoms with Crippen molar-refractivity contribution in [1.82, 2.24) is 9.71 Å². The molecule has 2 atom stereocenters. The molecule has 0 amide bonds. The SMILES string of the molecule is CC(C)(C)S(=O)N[C@@H](c1cc(Cl)ccn1)C1(O)CCC(F)CC1. The molecule has 130 valence electrons. The number of pyridine rings is 1. The number of aromatic nitrogens is 1. The van der Waals surface area contributed by atoms with Crippen molar-refractivity contribution < 1.29 is 13.7 Å². The summed E-state index contributed by atoms with van der Waals surface area (Å²) in [7, 11) is -1.40. The van der Waals surface area contributed by atoms with E-state index in [0.29, 0.717) is 23.6 Å². The van der Waals surface area contributed by atoms with Crippen molar-refractivity contribution >= 4 is 22.6 Å². The second-order valence-corrected chi connectivity index (χ2v) is 9.54. The molecular weight excluding hydrogens is 339 g/mol. The fourth-order valence-corrected chi connectivity index (χ4v) is 3.76. The topological polar surface area (TPSA) is 62.2 Å². The Morgan fingerprint density at radius 3 is 2.61 bits per heavy atom. The highest BCUT2D eigenvalue weighted by molar-refractivity contribution is 7.84. The number of hydrogen-bond donors (Lipinski definition) is 2. The molecule has 0 radical (unpaired) electrons. The maximum absolute atomic E-state index is 13.5. The molecule has 1 heterocycles. The summed E-state index contributed by atoms with van der Waals surface area (Å²) in [5.41, 5.74) is -0.670. The van der Waals surface area contributed by atoms with Crippen LogP contribution in [0, 0.1) is 0 Å². The molecular formula is C16H24ClFN2O2S. The lowest BCUT2D eigenvalue weighted by Crippen LogP contribution is -2.49. The van der Waals surface area contributed by atoms with E-state index in [1.54, 1.807) is 18.3 Å². The first-order valence-corrected chi connectivity index (χ1v) is 9.30. The number of aliphatic hydroxyl groups is 1. The summed E-state index contributed by atoms with van der Waals surface area (Å²) in [4.78, 5) is 4.28. The zero-order chi connectivity index (χ0) is 17.3. The van der Waals surface area contributed by atoms with Crippen LogP contribution in [0.2, 0.25) is 5.02 Å². The highest BCUT2D eigenvalue weighted by Crippen LogP contribution is 2.39. The van der Waals surface area contributed by atoms with Gasteiger partial charge >= 0.3 is 0 Å². The minimum Gasteiger partial charge on any atom is -0.388 e. The van der Waals surface area contributed by atoms with E-state index < -0.39 is 33.5 Å². The van der Waals surface area contributed by atoms with Crippen molar-refractivity contribution in [3.63, 3.8) is 0 Å². The summed E-state index contributed by atoms with van der Waals surface area (Å²) in [6.07, 6.45) is 1.82. The molecule has 4 nitrogen and oxygen atoms in total. The smallest absolute Gasteiger partial charge is 0.100 e. The van der Waals surface area contributed by atoms with Gasteiger partial charge in [0.25, 0.3) is 0 Å². The van der Waals surface area contributed by atoms with Gasteiger partial charge in [-0.25, -0.2) is 13.3 Å². The van der Waals surface area contributed by atoms with Gasteiger partial charge in [-0.1, -0.05) is 11.6 Å². The minimum absolute atomic E-state index is 0.289. The molecule has 1 unspecified atom stereocenters. The standard InChI is InChI=1S/C16H24ClFN2O2S/c1-15(2,3)23(22)20-14(13-10-11(17)6-9-19-13)16(21)7-4-12(18)5-8-16/h6,9-10,12,14,20-21H,4-5,7-8H2,1-3H3/t12?,14-,16?,23?/m0/s1. The average Bonchev–Trinajstić information content (AvgIpc) is 2.46. The monoisotopic (exact) mass is 362 g/mol. The molecule has 1 aromatic heterocycles. The van der Waals surface area contributed by atoms with Crippen LogP contribution in [-0.4, -0.2) is 30.8 Å². The maximum atomic E-state index is 13.5. The second-order valence-electron chi connectivity index (χ2n) is 7.11. The van der Waals surface area contributed by atoms with Crippen molar-refractivity contribution in [2.45, 2.75) is 69.0 Å². The lowest BCUT2D eigenvalue weighted by Gasteiger charge is -2.40. The summed E-state index contributed by atoms with van der Waals surface area (Å²) >= 11 is 6.04. The number of nitrogens with one attached hydrogen (secondary N) is 1. The third-order valence-corrected chi connectivity index (χ3v) is 5.94. The lowest BCUT2D eigenvalue weighted by molar-refractivity contribution is -0.0414. The van der Waals surface area contributed by atoms with E-state index >= 15 is 0 Å². The van der Waals surface area contributed by atoms with Crippen LogP contribution in [0.3, 0.4) is 0 Å². The molecule has 1 aliphatic rings.